The molecule has 0 spiro atoms. The van der Waals surface area contributed by atoms with Gasteiger partial charge >= 0.3 is 0 Å². The first kappa shape index (κ1) is 122. The van der Waals surface area contributed by atoms with Crippen LogP contribution in [0.2, 0.25) is 15.1 Å². The fourth-order valence-electron chi connectivity index (χ4n) is 13.7. The van der Waals surface area contributed by atoms with E-state index in [0.717, 1.165) is 55.7 Å². The SMILES string of the molecule is C.C.C.C.C.C.CC(C)(c1ccc(OCc2cc(CN)nc(CS(C)(=O)=O)n2)cc1)c1cc(Cl)c(OCCCl)c(C#N)c1.CC(C)(c1ccc(OCc2cc(CN3C(=O)c4ccccc4C3=O)nc(C#N)n2)cc1)c1cc(Cl)c(OCCCl)c(C#N)c1.CC(C)(c1ccc(OCc2cc(CN3C(=O)c4ccccc4C3=O)nc(NS(C)(=O)=O)n2)cc1)c1cc(Cl)c(OCCCl)c(C#N)c1.Cl.NN.O. The zero-order valence-electron chi connectivity index (χ0n) is 72.2. The number of fused-ring (bicyclic) bond motifs is 2. The van der Waals surface area contributed by atoms with Crippen LogP contribution < -0.4 is 50.6 Å². The highest BCUT2D eigenvalue weighted by Crippen LogP contribution is 2.43. The van der Waals surface area contributed by atoms with Crippen LogP contribution in [-0.2, 0) is 81.3 Å². The van der Waals surface area contributed by atoms with E-state index in [1.165, 1.54) is 0 Å². The van der Waals surface area contributed by atoms with E-state index in [2.05, 4.69) is 64.5 Å². The van der Waals surface area contributed by atoms with Crippen molar-refractivity contribution in [2.24, 2.45) is 17.4 Å². The van der Waals surface area contributed by atoms with Crippen molar-refractivity contribution in [1.29, 1.82) is 21.0 Å². The number of hydrazine groups is 1. The molecule has 8 aromatic carbocycles. The second-order valence-electron chi connectivity index (χ2n) is 30.6. The van der Waals surface area contributed by atoms with E-state index < -0.39 is 59.7 Å². The molecule has 4 amide bonds. The van der Waals surface area contributed by atoms with Gasteiger partial charge in [-0.3, -0.25) is 45.4 Å². The third-order valence-corrected chi connectivity index (χ3v) is 23.1. The van der Waals surface area contributed by atoms with Gasteiger partial charge in [0.25, 0.3) is 23.6 Å². The standard InChI is InChI=1S/C33H29Cl2N5O6S.C33H25Cl2N5O4.C26H28Cl2N4O4S.6CH4.ClH.H4N2.H2O/c1-33(2,22-14-20(17-36)29(28(35)15-22)45-13-12-34)21-8-10-25(11-9-21)46-19-24-16-23(37-32(38-24)39-47(3,43)44)18-40-30(41)26-6-4-5-7-27(26)31(40)42;1-33(2,22-13-20(16-36)30(28(35)14-22)43-12-11-34)21-7-9-25(10-8-21)44-19-24-15-23(38-29(17-37)39-24)18-40-31(41)26-5-3-4-6-27(26)32(40)42;1-26(2,19-10-17(13-29)25(23(28)11-19)35-9-8-27)18-4-6-22(7-5-18)36-15-21-12-20(14-30)31-24(32-21)16-37(3,33)34;;;;;;;;1-2;/h4-11,14-16H,12-13,18-19H2,1-3H3,(H,37,38,39);3-10,13-15H,11-12,18-19H2,1-2H3;4-7,10-12H,8-9,14-16,30H2,1-3H3;6*1H4;1H;1-2H2;1H2. The summed E-state index contributed by atoms with van der Waals surface area (Å²) in [6.07, 6.45) is 2.09. The van der Waals surface area contributed by atoms with Crippen molar-refractivity contribution in [3.63, 3.8) is 0 Å². The largest absolute Gasteiger partial charge is 0.489 e. The molecule has 736 valence electrons. The lowest BCUT2D eigenvalue weighted by Crippen LogP contribution is -2.30. The summed E-state index contributed by atoms with van der Waals surface area (Å²) < 4.78 is 84.0. The summed E-state index contributed by atoms with van der Waals surface area (Å²) in [5.74, 6) is 9.28. The minimum Gasteiger partial charge on any atom is -0.489 e. The zero-order chi connectivity index (χ0) is 94.6. The number of benzene rings is 8. The van der Waals surface area contributed by atoms with E-state index in [0.29, 0.717) is 106 Å². The number of ether oxygens (including phenoxy) is 6. The molecule has 2 aliphatic rings. The van der Waals surface area contributed by atoms with Gasteiger partial charge in [-0.2, -0.15) is 21.0 Å². The van der Waals surface area contributed by atoms with Gasteiger partial charge in [0.2, 0.25) is 21.8 Å². The monoisotopic (exact) mass is 2060 g/mol. The lowest BCUT2D eigenvalue weighted by molar-refractivity contribution is 0.0625. The third-order valence-electron chi connectivity index (χ3n) is 20.4. The zero-order valence-corrected chi connectivity index (χ0v) is 79.2. The third kappa shape index (κ3) is 30.6. The number of sulfone groups is 1. The molecule has 138 heavy (non-hydrogen) atoms. The number of halogens is 7. The fourth-order valence-corrected chi connectivity index (χ4v) is 15.8. The number of nitrogens with zero attached hydrogens (tertiary/aromatic N) is 12. The van der Waals surface area contributed by atoms with Gasteiger partial charge in [-0.25, -0.2) is 46.7 Å². The first-order chi connectivity index (χ1) is 61.9. The Balaban J connectivity index is 0.000000679. The lowest BCUT2D eigenvalue weighted by Gasteiger charge is -2.27. The number of rotatable bonds is 33. The number of nitrogens with two attached hydrogens (primary N) is 3. The van der Waals surface area contributed by atoms with Crippen LogP contribution in [-0.4, -0.2) is 136 Å². The number of carbonyl (C=O) groups is 4. The van der Waals surface area contributed by atoms with E-state index in [-0.39, 0.29) is 180 Å². The van der Waals surface area contributed by atoms with Gasteiger partial charge in [-0.1, -0.05) is 182 Å². The quantitative estimate of drug-likeness (QED) is 0.0128. The van der Waals surface area contributed by atoms with Crippen LogP contribution >= 0.6 is 82.0 Å². The van der Waals surface area contributed by atoms with Gasteiger partial charge in [-0.05, 0) is 149 Å². The summed E-state index contributed by atoms with van der Waals surface area (Å²) in [5, 5.41) is 39.5. The van der Waals surface area contributed by atoms with Crippen molar-refractivity contribution in [2.75, 3.05) is 54.7 Å². The molecular weight excluding hydrogens is 1950 g/mol. The molecule has 31 nitrogen and oxygen atoms in total. The highest BCUT2D eigenvalue weighted by atomic mass is 35.5. The summed E-state index contributed by atoms with van der Waals surface area (Å²) in [7, 11) is -7.01. The maximum Gasteiger partial charge on any atom is 0.261 e. The van der Waals surface area contributed by atoms with Crippen molar-refractivity contribution in [3.05, 3.63) is 309 Å². The number of sulfonamides is 1. The molecule has 9 N–H and O–H groups in total. The summed E-state index contributed by atoms with van der Waals surface area (Å²) in [6.45, 7) is 12.8. The van der Waals surface area contributed by atoms with Crippen molar-refractivity contribution in [3.8, 4) is 58.8 Å². The van der Waals surface area contributed by atoms with Crippen molar-refractivity contribution >= 4 is 131 Å². The van der Waals surface area contributed by atoms with E-state index in [1.807, 2.05) is 108 Å². The van der Waals surface area contributed by atoms with Crippen LogP contribution in [0.25, 0.3) is 0 Å². The second kappa shape index (κ2) is 54.1. The lowest BCUT2D eigenvalue weighted by atomic mass is 9.77. The number of hydrogen-bond donors (Lipinski definition) is 4. The number of aromatic nitrogens is 6. The highest BCUT2D eigenvalue weighted by Gasteiger charge is 2.38. The number of nitriles is 4. The predicted octanol–water partition coefficient (Wildman–Crippen LogP) is 18.6. The molecule has 40 heteroatoms. The maximum atomic E-state index is 12.9. The number of anilines is 1. The minimum atomic E-state index is -3.73. The predicted molar refractivity (Wildman–Crippen MR) is 542 cm³/mol. The molecule has 0 bridgehead atoms. The number of hydrogen-bond acceptors (Lipinski definition) is 27. The topological polar surface area (TPSA) is 493 Å². The summed E-state index contributed by atoms with van der Waals surface area (Å²) in [6, 6.07) is 59.3. The summed E-state index contributed by atoms with van der Waals surface area (Å²) in [4.78, 5) is 78.9. The molecule has 2 aliphatic heterocycles. The number of nitrogens with one attached hydrogen (secondary N) is 1. The maximum absolute atomic E-state index is 12.9. The Morgan fingerprint density at radius 3 is 0.971 bits per heavy atom. The molecule has 5 heterocycles. The summed E-state index contributed by atoms with van der Waals surface area (Å²) in [5.41, 5.74) is 14.2. The first-order valence-corrected chi connectivity index (χ1v) is 46.2. The second-order valence-corrected chi connectivity index (χ2v) is 36.9. The molecule has 0 aliphatic carbocycles. The fraction of sp³-hybridized carbons (Fsp3) is 0.306. The summed E-state index contributed by atoms with van der Waals surface area (Å²) >= 11 is 36.6. The van der Waals surface area contributed by atoms with Crippen molar-refractivity contribution in [2.45, 2.75) is 148 Å². The molecule has 0 radical (unpaired) electrons. The molecule has 0 fully saturated rings. The molecule has 0 unspecified atom stereocenters. The molecule has 13 rings (SSSR count). The molecule has 0 saturated heterocycles. The number of amides is 4. The first-order valence-electron chi connectivity index (χ1n) is 39.5. The van der Waals surface area contributed by atoms with Crippen LogP contribution in [0.5, 0.6) is 34.5 Å². The Kier molecular flexibility index (Phi) is 47.7. The Morgan fingerprint density at radius 2 is 0.681 bits per heavy atom. The molecule has 0 atom stereocenters. The van der Waals surface area contributed by atoms with Gasteiger partial charge in [-0.15, -0.1) is 47.2 Å². The van der Waals surface area contributed by atoms with Crippen LogP contribution in [0, 0.1) is 45.3 Å². The number of carbonyl (C=O) groups excluding carboxylic acids is 4. The molecule has 3 aromatic heterocycles. The Labute approximate surface area is 843 Å². The average molecular weight is 2070 g/mol. The van der Waals surface area contributed by atoms with Gasteiger partial charge in [0, 0.05) is 29.0 Å². The number of imide groups is 2. The van der Waals surface area contributed by atoms with Crippen LogP contribution in [0.1, 0.15) is 223 Å². The van der Waals surface area contributed by atoms with Gasteiger partial charge < -0.3 is 39.6 Å². The van der Waals surface area contributed by atoms with Crippen LogP contribution in [0.4, 0.5) is 5.95 Å². The van der Waals surface area contributed by atoms with E-state index in [1.54, 1.807) is 115 Å². The van der Waals surface area contributed by atoms with Crippen LogP contribution in [0.3, 0.4) is 0 Å². The van der Waals surface area contributed by atoms with E-state index in [4.69, 9.17) is 104 Å². The van der Waals surface area contributed by atoms with E-state index in [9.17, 15) is 57.1 Å². The normalized spacial score (nSPS) is 11.5. The highest BCUT2D eigenvalue weighted by molar-refractivity contribution is 7.92. The Bertz CT molecular complexity index is 6430. The van der Waals surface area contributed by atoms with E-state index >= 15 is 0 Å². The smallest absolute Gasteiger partial charge is 0.261 e. The Hall–Kier alpha value is -12.4. The average Bonchev–Trinajstić information content (AvgIpc) is 1.32. The number of alkyl halides is 3. The molecule has 0 saturated carbocycles. The van der Waals surface area contributed by atoms with Crippen molar-refractivity contribution < 1.29 is 69.9 Å². The Morgan fingerprint density at radius 1 is 0.399 bits per heavy atom. The minimum absolute atomic E-state index is 0. The molecular formula is C98H113Cl7N16O15S2. The van der Waals surface area contributed by atoms with Gasteiger partial charge in [0.05, 0.1) is 125 Å². The molecule has 11 aromatic rings. The van der Waals surface area contributed by atoms with Gasteiger partial charge in [0.1, 0.15) is 92.7 Å². The van der Waals surface area contributed by atoms with Gasteiger partial charge in [0.15, 0.2) is 27.1 Å². The van der Waals surface area contributed by atoms with Crippen LogP contribution in [0.15, 0.2) is 176 Å². The van der Waals surface area contributed by atoms with Crippen molar-refractivity contribution in [1.82, 2.24) is 39.7 Å².